The molecule has 0 saturated carbocycles. The quantitative estimate of drug-likeness (QED) is 0.123. The van der Waals surface area contributed by atoms with E-state index in [0.29, 0.717) is 5.69 Å². The molecule has 0 saturated heterocycles. The Morgan fingerprint density at radius 3 is 2.06 bits per heavy atom. The first kappa shape index (κ1) is 32.9. The van der Waals surface area contributed by atoms with Gasteiger partial charge >= 0.3 is 0 Å². The zero-order valence-corrected chi connectivity index (χ0v) is 35.6. The van der Waals surface area contributed by atoms with Crippen LogP contribution < -0.4 is 5.19 Å². The smallest absolute Gasteiger partial charge is 0.0795 e. The summed E-state index contributed by atoms with van der Waals surface area (Å²) >= 11 is 1.64. The molecular weight excluding hydrogens is 869 g/mol. The number of rotatable bonds is 6. The summed E-state index contributed by atoms with van der Waals surface area (Å²) in [5, 5.41) is 3.59. The molecule has 0 amide bonds. The topological polar surface area (TPSA) is 25.8 Å². The number of aromatic nitrogens is 2. The third-order valence-corrected chi connectivity index (χ3v) is 12.3. The first-order valence-corrected chi connectivity index (χ1v) is 22.2. The van der Waals surface area contributed by atoms with Crippen LogP contribution >= 0.6 is 11.3 Å². The summed E-state index contributed by atoms with van der Waals surface area (Å²) in [4.78, 5) is 9.21. The van der Waals surface area contributed by atoms with Crippen LogP contribution in [0.4, 0.5) is 0 Å². The largest absolute Gasteiger partial charge is 0.305 e. The van der Waals surface area contributed by atoms with Gasteiger partial charge in [-0.15, -0.1) is 53.6 Å². The molecule has 2 nitrogen and oxygen atoms in total. The van der Waals surface area contributed by atoms with Gasteiger partial charge in [0, 0.05) is 44.1 Å². The average Bonchev–Trinajstić information content (AvgIpc) is 3.59. The van der Waals surface area contributed by atoms with Crippen LogP contribution in [0, 0.1) is 24.4 Å². The molecule has 8 rings (SSSR count). The molecule has 0 aliphatic heterocycles. The maximum absolute atomic E-state index is 8.84. The Kier molecular flexibility index (Phi) is 10.0. The Balaban J connectivity index is 0.000000218. The maximum atomic E-state index is 8.84. The molecule has 273 valence electrons. The van der Waals surface area contributed by atoms with Crippen molar-refractivity contribution >= 4 is 44.8 Å². The fourth-order valence-corrected chi connectivity index (χ4v) is 8.62. The summed E-state index contributed by atoms with van der Waals surface area (Å²) in [5.41, 5.74) is 7.27. The number of hydrogen-bond donors (Lipinski definition) is 0. The SMILES string of the molecule is C[Si](C)(C)c1ccc(-c2[c-]cccc2-c2ccccc2)nc1.[2H]C([2H])([2H])c1cnc(-c2[c-]ccc3c2sc2cc(-c4ccccc4)ccc23)cc1C([2H])([2H])C(C)(C)C.[Ir]. The minimum absolute atomic E-state index is 0. The van der Waals surface area contributed by atoms with E-state index in [1.807, 2.05) is 54.7 Å². The third-order valence-electron chi connectivity index (χ3n) is 9.04. The second-order valence-corrected chi connectivity index (χ2v) is 21.4. The van der Waals surface area contributed by atoms with Gasteiger partial charge in [0.2, 0.25) is 0 Å². The van der Waals surface area contributed by atoms with Crippen LogP contribution in [0.5, 0.6) is 0 Å². The molecule has 0 aliphatic carbocycles. The minimum Gasteiger partial charge on any atom is -0.305 e. The predicted octanol–water partition coefficient (Wildman–Crippen LogP) is 13.2. The van der Waals surface area contributed by atoms with E-state index in [1.54, 1.807) is 38.2 Å². The van der Waals surface area contributed by atoms with Gasteiger partial charge in [0.15, 0.2) is 0 Å². The van der Waals surface area contributed by atoms with Gasteiger partial charge in [-0.25, -0.2) is 0 Å². The molecular formula is C49H46IrN2SSi-2. The van der Waals surface area contributed by atoms with E-state index in [4.69, 9.17) is 11.8 Å². The van der Waals surface area contributed by atoms with Crippen molar-refractivity contribution < 1.29 is 27.0 Å². The van der Waals surface area contributed by atoms with E-state index in [1.165, 1.54) is 22.5 Å². The van der Waals surface area contributed by atoms with Crippen LogP contribution in [0.15, 0.2) is 140 Å². The summed E-state index contributed by atoms with van der Waals surface area (Å²) in [6.45, 7) is 9.88. The van der Waals surface area contributed by atoms with Crippen molar-refractivity contribution in [3.63, 3.8) is 0 Å². The monoisotopic (exact) mass is 920 g/mol. The van der Waals surface area contributed by atoms with Gasteiger partial charge in [-0.05, 0) is 68.1 Å². The van der Waals surface area contributed by atoms with Crippen LogP contribution in [-0.2, 0) is 26.5 Å². The number of benzene rings is 5. The van der Waals surface area contributed by atoms with Gasteiger partial charge < -0.3 is 9.97 Å². The van der Waals surface area contributed by atoms with Gasteiger partial charge in [0.25, 0.3) is 0 Å². The molecule has 5 heteroatoms. The van der Waals surface area contributed by atoms with Crippen molar-refractivity contribution in [3.8, 4) is 44.8 Å². The Morgan fingerprint density at radius 2 is 1.39 bits per heavy atom. The van der Waals surface area contributed by atoms with Crippen molar-refractivity contribution in [2.45, 2.75) is 53.6 Å². The standard InChI is InChI=1S/C29H26NS.C20H20NSi.Ir/c1-19-18-30-26(15-22(19)17-29(2,3)4)25-12-8-11-24-23-14-13-21(16-27(23)31-28(24)25)20-9-6-5-7-10-20;1-22(2,3)17-13-14-20(21-15-17)19-12-8-7-11-18(19)16-9-5-4-6-10-16;/h5-11,13-16,18H,17H2,1-4H3;4-11,13-15H,1-3H3;/q2*-1;/i1D3,17D2;;. The molecule has 0 N–H and O–H groups in total. The molecule has 0 unspecified atom stereocenters. The van der Waals surface area contributed by atoms with E-state index >= 15 is 0 Å². The zero-order valence-electron chi connectivity index (χ0n) is 36.4. The molecule has 54 heavy (non-hydrogen) atoms. The Hall–Kier alpha value is -4.51. The second kappa shape index (κ2) is 16.5. The number of fused-ring (bicyclic) bond motifs is 3. The van der Waals surface area contributed by atoms with Crippen LogP contribution in [-0.4, -0.2) is 18.0 Å². The van der Waals surface area contributed by atoms with Gasteiger partial charge in [-0.3, -0.25) is 0 Å². The van der Waals surface area contributed by atoms with Crippen molar-refractivity contribution in [2.75, 3.05) is 0 Å². The van der Waals surface area contributed by atoms with Crippen LogP contribution in [0.1, 0.15) is 38.8 Å². The molecule has 0 aliphatic rings. The molecule has 0 fully saturated rings. The van der Waals surface area contributed by atoms with Crippen molar-refractivity contribution in [1.82, 2.24) is 9.97 Å². The molecule has 3 aromatic heterocycles. The van der Waals surface area contributed by atoms with Crippen LogP contribution in [0.2, 0.25) is 19.6 Å². The average molecular weight is 920 g/mol. The fourth-order valence-electron chi connectivity index (χ4n) is 6.33. The van der Waals surface area contributed by atoms with Gasteiger partial charge in [-0.2, -0.15) is 11.3 Å². The number of hydrogen-bond acceptors (Lipinski definition) is 3. The van der Waals surface area contributed by atoms with Gasteiger partial charge in [-0.1, -0.05) is 153 Å². The number of nitrogens with zero attached hydrogens (tertiary/aromatic N) is 2. The van der Waals surface area contributed by atoms with Gasteiger partial charge in [0.1, 0.15) is 0 Å². The number of thiophene rings is 1. The van der Waals surface area contributed by atoms with Crippen molar-refractivity contribution in [1.29, 1.82) is 0 Å². The van der Waals surface area contributed by atoms with Gasteiger partial charge in [0.05, 0.1) is 8.07 Å². The second-order valence-electron chi connectivity index (χ2n) is 15.3. The minimum atomic E-state index is -2.47. The third kappa shape index (κ3) is 8.88. The summed E-state index contributed by atoms with van der Waals surface area (Å²) in [6.07, 6.45) is 1.47. The molecule has 8 aromatic rings. The Bertz CT molecular complexity index is 2700. The molecule has 0 atom stereocenters. The molecule has 0 bridgehead atoms. The van der Waals surface area contributed by atoms with E-state index < -0.39 is 26.7 Å². The summed E-state index contributed by atoms with van der Waals surface area (Å²) in [6, 6.07) is 49.7. The van der Waals surface area contributed by atoms with E-state index in [9.17, 15) is 0 Å². The zero-order chi connectivity index (χ0) is 41.5. The number of pyridine rings is 2. The van der Waals surface area contributed by atoms with Crippen LogP contribution in [0.3, 0.4) is 0 Å². The molecule has 1 radical (unpaired) electrons. The van der Waals surface area contributed by atoms with E-state index in [-0.39, 0.29) is 31.2 Å². The van der Waals surface area contributed by atoms with E-state index in [2.05, 4.69) is 110 Å². The predicted molar refractivity (Wildman–Crippen MR) is 232 cm³/mol. The molecule has 3 heterocycles. The summed E-state index contributed by atoms with van der Waals surface area (Å²) < 4.78 is 43.8. The summed E-state index contributed by atoms with van der Waals surface area (Å²) in [5.74, 6) is 0. The van der Waals surface area contributed by atoms with E-state index in [0.717, 1.165) is 48.1 Å². The first-order valence-electron chi connectivity index (χ1n) is 20.4. The molecule has 0 spiro atoms. The first-order chi connectivity index (χ1) is 27.4. The number of aryl methyl sites for hydroxylation is 1. The Morgan fingerprint density at radius 1 is 0.685 bits per heavy atom. The van der Waals surface area contributed by atoms with Crippen molar-refractivity contribution in [3.05, 3.63) is 163 Å². The normalized spacial score (nSPS) is 13.4. The van der Waals surface area contributed by atoms with Crippen molar-refractivity contribution in [2.24, 2.45) is 5.41 Å². The maximum Gasteiger partial charge on any atom is 0.0795 e. The van der Waals surface area contributed by atoms with Crippen LogP contribution in [0.25, 0.3) is 64.9 Å². The fraction of sp³-hybridized carbons (Fsp3) is 0.184. The summed E-state index contributed by atoms with van der Waals surface area (Å²) in [7, 11) is -1.31. The Labute approximate surface area is 346 Å². The molecule has 5 aromatic carbocycles.